The van der Waals surface area contributed by atoms with Gasteiger partial charge in [0.15, 0.2) is 0 Å². The Kier molecular flexibility index (Phi) is 10.0. The fraction of sp³-hybridized carbons (Fsp3) is 0.583. The van der Waals surface area contributed by atoms with E-state index < -0.39 is 54.0 Å². The molecule has 1 fully saturated rings. The highest BCUT2D eigenvalue weighted by Crippen LogP contribution is 2.20. The molecule has 5 atom stereocenters. The lowest BCUT2D eigenvalue weighted by atomic mass is 10.0. The van der Waals surface area contributed by atoms with Gasteiger partial charge >= 0.3 is 5.97 Å². The number of aliphatic hydroxyl groups excluding tert-OH is 1. The summed E-state index contributed by atoms with van der Waals surface area (Å²) < 4.78 is 0. The Balaban J connectivity index is 2.11. The highest BCUT2D eigenvalue weighted by molar-refractivity contribution is 5.94. The van der Waals surface area contributed by atoms with E-state index in [-0.39, 0.29) is 12.3 Å². The molecule has 34 heavy (non-hydrogen) atoms. The molecule has 5 unspecified atom stereocenters. The Morgan fingerprint density at radius 1 is 1.09 bits per heavy atom. The minimum atomic E-state index is -1.17. The summed E-state index contributed by atoms with van der Waals surface area (Å²) in [5, 5.41) is 24.5. The Bertz CT molecular complexity index is 860. The molecule has 1 aliphatic rings. The van der Waals surface area contributed by atoms with Gasteiger partial charge < -0.3 is 31.5 Å². The van der Waals surface area contributed by atoms with Crippen LogP contribution in [0.15, 0.2) is 30.3 Å². The summed E-state index contributed by atoms with van der Waals surface area (Å²) in [6, 6.07) is 4.88. The van der Waals surface area contributed by atoms with Crippen molar-refractivity contribution in [1.82, 2.24) is 15.5 Å². The number of hydrogen-bond donors (Lipinski definition) is 5. The monoisotopic (exact) mass is 476 g/mol. The maximum atomic E-state index is 13.1. The standard InChI is InChI=1S/C24H36N4O6/c1-14(2)12-17(21(30)27-18(24(33)34)13-16-8-5-4-6-9-16)26-22(31)19-10-7-11-28(19)23(32)20(25)15(3)29/h4-6,8-9,14-15,17-20,29H,7,10-13,25H2,1-3H3,(H,26,31)(H,27,30)(H,33,34). The number of carboxylic acid groups (broad SMARTS) is 1. The summed E-state index contributed by atoms with van der Waals surface area (Å²) in [5.41, 5.74) is 6.53. The number of benzene rings is 1. The summed E-state index contributed by atoms with van der Waals surface area (Å²) >= 11 is 0. The lowest BCUT2D eigenvalue weighted by molar-refractivity contribution is -0.143. The Hall–Kier alpha value is -2.98. The van der Waals surface area contributed by atoms with E-state index in [9.17, 15) is 29.4 Å². The fourth-order valence-electron chi connectivity index (χ4n) is 3.99. The molecule has 0 bridgehead atoms. The van der Waals surface area contributed by atoms with Gasteiger partial charge in [-0.3, -0.25) is 14.4 Å². The van der Waals surface area contributed by atoms with E-state index in [1.807, 2.05) is 19.9 Å². The summed E-state index contributed by atoms with van der Waals surface area (Å²) in [4.78, 5) is 51.8. The van der Waals surface area contributed by atoms with Crippen LogP contribution in [0.5, 0.6) is 0 Å². The molecule has 6 N–H and O–H groups in total. The minimum Gasteiger partial charge on any atom is -0.480 e. The highest BCUT2D eigenvalue weighted by Gasteiger charge is 2.38. The number of nitrogens with one attached hydrogen (secondary N) is 2. The van der Waals surface area contributed by atoms with Crippen molar-refractivity contribution in [1.29, 1.82) is 0 Å². The molecule has 0 aliphatic carbocycles. The molecule has 188 valence electrons. The average Bonchev–Trinajstić information content (AvgIpc) is 3.27. The number of nitrogens with zero attached hydrogens (tertiary/aromatic N) is 1. The topological polar surface area (TPSA) is 162 Å². The molecule has 1 saturated heterocycles. The summed E-state index contributed by atoms with van der Waals surface area (Å²) in [5.74, 6) is -2.75. The number of likely N-dealkylation sites (tertiary alicyclic amines) is 1. The van der Waals surface area contributed by atoms with Gasteiger partial charge in [-0.2, -0.15) is 0 Å². The highest BCUT2D eigenvalue weighted by atomic mass is 16.4. The molecule has 1 aromatic carbocycles. The lowest BCUT2D eigenvalue weighted by Gasteiger charge is -2.29. The first kappa shape index (κ1) is 27.3. The van der Waals surface area contributed by atoms with E-state index in [1.54, 1.807) is 24.3 Å². The zero-order valence-electron chi connectivity index (χ0n) is 19.9. The van der Waals surface area contributed by atoms with E-state index in [0.29, 0.717) is 25.8 Å². The number of amides is 3. The van der Waals surface area contributed by atoms with Crippen LogP contribution in [-0.4, -0.2) is 75.6 Å². The zero-order valence-corrected chi connectivity index (χ0v) is 19.9. The molecule has 10 heteroatoms. The van der Waals surface area contributed by atoms with Crippen LogP contribution in [0.2, 0.25) is 0 Å². The molecule has 10 nitrogen and oxygen atoms in total. The normalized spacial score (nSPS) is 19.2. The summed E-state index contributed by atoms with van der Waals surface area (Å²) in [7, 11) is 0. The molecule has 0 radical (unpaired) electrons. The number of carboxylic acids is 1. The number of aliphatic carboxylic acids is 1. The van der Waals surface area contributed by atoms with Crippen LogP contribution < -0.4 is 16.4 Å². The molecule has 1 aromatic rings. The Labute approximate surface area is 199 Å². The van der Waals surface area contributed by atoms with Crippen LogP contribution in [0.4, 0.5) is 0 Å². The second kappa shape index (κ2) is 12.5. The van der Waals surface area contributed by atoms with Crippen LogP contribution in [0.25, 0.3) is 0 Å². The van der Waals surface area contributed by atoms with E-state index in [0.717, 1.165) is 5.56 Å². The van der Waals surface area contributed by atoms with Crippen molar-refractivity contribution in [2.75, 3.05) is 6.54 Å². The molecular weight excluding hydrogens is 440 g/mol. The first-order valence-electron chi connectivity index (χ1n) is 11.6. The molecule has 0 saturated carbocycles. The van der Waals surface area contributed by atoms with Gasteiger partial charge in [-0.15, -0.1) is 0 Å². The number of rotatable bonds is 11. The third-order valence-corrected chi connectivity index (χ3v) is 5.88. The number of carbonyl (C=O) groups is 4. The van der Waals surface area contributed by atoms with E-state index in [1.165, 1.54) is 11.8 Å². The molecule has 1 aliphatic heterocycles. The number of nitrogens with two attached hydrogens (primary N) is 1. The second-order valence-corrected chi connectivity index (χ2v) is 9.24. The zero-order chi connectivity index (χ0) is 25.4. The number of carbonyl (C=O) groups excluding carboxylic acids is 3. The van der Waals surface area contributed by atoms with Crippen molar-refractivity contribution in [3.05, 3.63) is 35.9 Å². The largest absolute Gasteiger partial charge is 0.480 e. The van der Waals surface area contributed by atoms with Crippen molar-refractivity contribution < 1.29 is 29.4 Å². The SMILES string of the molecule is CC(C)CC(NC(=O)C1CCCN1C(=O)C(N)C(C)O)C(=O)NC(Cc1ccccc1)C(=O)O. The first-order valence-corrected chi connectivity index (χ1v) is 11.6. The molecular formula is C24H36N4O6. The summed E-state index contributed by atoms with van der Waals surface area (Å²) in [6.07, 6.45) is 0.338. The van der Waals surface area contributed by atoms with Crippen LogP contribution in [0, 0.1) is 5.92 Å². The van der Waals surface area contributed by atoms with E-state index in [4.69, 9.17) is 5.73 Å². The van der Waals surface area contributed by atoms with E-state index in [2.05, 4.69) is 10.6 Å². The molecule has 0 spiro atoms. The number of hydrogen-bond acceptors (Lipinski definition) is 6. The van der Waals surface area contributed by atoms with Crippen LogP contribution >= 0.6 is 0 Å². The van der Waals surface area contributed by atoms with Gasteiger partial charge in [0.2, 0.25) is 17.7 Å². The molecule has 1 heterocycles. The van der Waals surface area contributed by atoms with Crippen molar-refractivity contribution in [3.8, 4) is 0 Å². The van der Waals surface area contributed by atoms with Gasteiger partial charge in [0, 0.05) is 13.0 Å². The third kappa shape index (κ3) is 7.53. The Morgan fingerprint density at radius 3 is 2.29 bits per heavy atom. The number of aliphatic hydroxyl groups is 1. The van der Waals surface area contributed by atoms with Gasteiger partial charge in [0.25, 0.3) is 0 Å². The van der Waals surface area contributed by atoms with Gasteiger partial charge in [-0.05, 0) is 37.7 Å². The average molecular weight is 477 g/mol. The predicted octanol–water partition coefficient (Wildman–Crippen LogP) is 0.0285. The minimum absolute atomic E-state index is 0.0402. The van der Waals surface area contributed by atoms with Gasteiger partial charge in [0.1, 0.15) is 24.2 Å². The van der Waals surface area contributed by atoms with Crippen molar-refractivity contribution in [2.24, 2.45) is 11.7 Å². The maximum absolute atomic E-state index is 13.1. The smallest absolute Gasteiger partial charge is 0.326 e. The van der Waals surface area contributed by atoms with Crippen LogP contribution in [0.1, 0.15) is 45.6 Å². The first-order chi connectivity index (χ1) is 16.0. The summed E-state index contributed by atoms with van der Waals surface area (Å²) in [6.45, 7) is 5.51. The predicted molar refractivity (Wildman–Crippen MR) is 125 cm³/mol. The van der Waals surface area contributed by atoms with Crippen molar-refractivity contribution in [3.63, 3.8) is 0 Å². The van der Waals surface area contributed by atoms with Crippen molar-refractivity contribution >= 4 is 23.7 Å². The van der Waals surface area contributed by atoms with Gasteiger partial charge in [0.05, 0.1) is 6.10 Å². The molecule has 2 rings (SSSR count). The maximum Gasteiger partial charge on any atom is 0.326 e. The van der Waals surface area contributed by atoms with Crippen molar-refractivity contribution in [2.45, 2.75) is 76.7 Å². The van der Waals surface area contributed by atoms with Crippen LogP contribution in [-0.2, 0) is 25.6 Å². The second-order valence-electron chi connectivity index (χ2n) is 9.24. The van der Waals surface area contributed by atoms with Gasteiger partial charge in [-0.25, -0.2) is 4.79 Å². The molecule has 3 amide bonds. The Morgan fingerprint density at radius 2 is 1.74 bits per heavy atom. The quantitative estimate of drug-likeness (QED) is 0.301. The van der Waals surface area contributed by atoms with Crippen LogP contribution in [0.3, 0.4) is 0 Å². The lowest BCUT2D eigenvalue weighted by Crippen LogP contribution is -2.58. The van der Waals surface area contributed by atoms with Gasteiger partial charge in [-0.1, -0.05) is 44.2 Å². The fourth-order valence-corrected chi connectivity index (χ4v) is 3.99. The third-order valence-electron chi connectivity index (χ3n) is 5.88. The molecule has 0 aromatic heterocycles. The van der Waals surface area contributed by atoms with E-state index >= 15 is 0 Å².